The average molecular weight is 314 g/mol. The molecule has 6 heteroatoms. The fraction of sp³-hybridized carbons (Fsp3) is 0.647. The number of anilines is 1. The SMILES string of the molecule is Cc1cnn2cc(N3CCC(N4CCN(C)CC4)CC3)cnc12. The predicted octanol–water partition coefficient (Wildman–Crippen LogP) is 1.25. The molecule has 2 aliphatic rings. The lowest BCUT2D eigenvalue weighted by Crippen LogP contribution is -2.52. The van der Waals surface area contributed by atoms with Gasteiger partial charge < -0.3 is 9.80 Å². The number of hydrogen-bond acceptors (Lipinski definition) is 5. The van der Waals surface area contributed by atoms with Gasteiger partial charge >= 0.3 is 0 Å². The van der Waals surface area contributed by atoms with E-state index in [0.29, 0.717) is 0 Å². The second-order valence-electron chi connectivity index (χ2n) is 6.97. The first-order valence-electron chi connectivity index (χ1n) is 8.68. The monoisotopic (exact) mass is 314 g/mol. The van der Waals surface area contributed by atoms with E-state index < -0.39 is 0 Å². The number of aromatic nitrogens is 3. The van der Waals surface area contributed by atoms with Crippen molar-refractivity contribution in [2.75, 3.05) is 51.2 Å². The number of likely N-dealkylation sites (N-methyl/N-ethyl adjacent to an activating group) is 1. The lowest BCUT2D eigenvalue weighted by Gasteiger charge is -2.42. The third-order valence-electron chi connectivity index (χ3n) is 5.40. The fourth-order valence-corrected chi connectivity index (χ4v) is 3.82. The summed E-state index contributed by atoms with van der Waals surface area (Å²) >= 11 is 0. The van der Waals surface area contributed by atoms with E-state index in [9.17, 15) is 0 Å². The normalized spacial score (nSPS) is 22.1. The molecule has 0 N–H and O–H groups in total. The first-order valence-corrected chi connectivity index (χ1v) is 8.68. The third-order valence-corrected chi connectivity index (χ3v) is 5.40. The molecule has 2 saturated heterocycles. The number of piperazine rings is 1. The molecule has 0 aromatic carbocycles. The number of nitrogens with zero attached hydrogens (tertiary/aromatic N) is 6. The van der Waals surface area contributed by atoms with Crippen LogP contribution in [0.25, 0.3) is 5.65 Å². The summed E-state index contributed by atoms with van der Waals surface area (Å²) in [6, 6.07) is 0.753. The van der Waals surface area contributed by atoms with Gasteiger partial charge in [0.15, 0.2) is 5.65 Å². The van der Waals surface area contributed by atoms with Crippen LogP contribution < -0.4 is 4.90 Å². The summed E-state index contributed by atoms with van der Waals surface area (Å²) in [6.07, 6.45) is 8.50. The van der Waals surface area contributed by atoms with Gasteiger partial charge in [-0.1, -0.05) is 0 Å². The van der Waals surface area contributed by atoms with Crippen molar-refractivity contribution < 1.29 is 0 Å². The van der Waals surface area contributed by atoms with E-state index in [1.165, 1.54) is 44.7 Å². The lowest BCUT2D eigenvalue weighted by atomic mass is 10.0. The van der Waals surface area contributed by atoms with E-state index in [-0.39, 0.29) is 0 Å². The van der Waals surface area contributed by atoms with Gasteiger partial charge in [-0.25, -0.2) is 9.50 Å². The van der Waals surface area contributed by atoms with Crippen LogP contribution in [0.4, 0.5) is 5.69 Å². The Kier molecular flexibility index (Phi) is 3.95. The van der Waals surface area contributed by atoms with E-state index in [1.54, 1.807) is 0 Å². The summed E-state index contributed by atoms with van der Waals surface area (Å²) < 4.78 is 1.90. The van der Waals surface area contributed by atoms with Crippen molar-refractivity contribution in [2.45, 2.75) is 25.8 Å². The minimum atomic E-state index is 0.753. The smallest absolute Gasteiger partial charge is 0.157 e. The van der Waals surface area contributed by atoms with Gasteiger partial charge in [0.2, 0.25) is 0 Å². The van der Waals surface area contributed by atoms with Crippen molar-refractivity contribution in [3.8, 4) is 0 Å². The minimum Gasteiger partial charge on any atom is -0.369 e. The molecule has 0 aliphatic carbocycles. The molecule has 2 aliphatic heterocycles. The quantitative estimate of drug-likeness (QED) is 0.834. The zero-order valence-corrected chi connectivity index (χ0v) is 14.1. The molecule has 6 nitrogen and oxygen atoms in total. The van der Waals surface area contributed by atoms with Gasteiger partial charge in [0, 0.05) is 50.9 Å². The van der Waals surface area contributed by atoms with Gasteiger partial charge in [0.25, 0.3) is 0 Å². The van der Waals surface area contributed by atoms with Gasteiger partial charge in [0.05, 0.1) is 24.3 Å². The van der Waals surface area contributed by atoms with Crippen molar-refractivity contribution in [3.63, 3.8) is 0 Å². The first-order chi connectivity index (χ1) is 11.2. The molecule has 23 heavy (non-hydrogen) atoms. The summed E-state index contributed by atoms with van der Waals surface area (Å²) in [7, 11) is 2.22. The summed E-state index contributed by atoms with van der Waals surface area (Å²) in [6.45, 7) is 9.15. The molecule has 0 amide bonds. The fourth-order valence-electron chi connectivity index (χ4n) is 3.82. The molecule has 0 spiro atoms. The van der Waals surface area contributed by atoms with Crippen LogP contribution in [0, 0.1) is 6.92 Å². The lowest BCUT2D eigenvalue weighted by molar-refractivity contribution is 0.0982. The van der Waals surface area contributed by atoms with Crippen LogP contribution in [0.2, 0.25) is 0 Å². The minimum absolute atomic E-state index is 0.753. The second kappa shape index (κ2) is 6.09. The molecule has 0 saturated carbocycles. The zero-order chi connectivity index (χ0) is 15.8. The molecule has 2 fully saturated rings. The Balaban J connectivity index is 1.40. The molecule has 2 aromatic heterocycles. The molecule has 124 valence electrons. The van der Waals surface area contributed by atoms with Gasteiger partial charge in [-0.15, -0.1) is 0 Å². The summed E-state index contributed by atoms with van der Waals surface area (Å²) in [5, 5.41) is 4.38. The van der Waals surface area contributed by atoms with Crippen LogP contribution in [0.15, 0.2) is 18.6 Å². The summed E-state index contributed by atoms with van der Waals surface area (Å²) in [5.74, 6) is 0. The molecule has 4 heterocycles. The first kappa shape index (κ1) is 14.9. The van der Waals surface area contributed by atoms with E-state index in [2.05, 4.69) is 45.0 Å². The Bertz CT molecular complexity index is 665. The number of rotatable bonds is 2. The Labute approximate surface area is 137 Å². The molecular formula is C17H26N6. The highest BCUT2D eigenvalue weighted by Gasteiger charge is 2.27. The van der Waals surface area contributed by atoms with Crippen molar-refractivity contribution in [1.29, 1.82) is 0 Å². The van der Waals surface area contributed by atoms with E-state index in [1.807, 2.05) is 16.9 Å². The van der Waals surface area contributed by atoms with Crippen molar-refractivity contribution in [2.24, 2.45) is 0 Å². The van der Waals surface area contributed by atoms with Crippen LogP contribution in [-0.2, 0) is 0 Å². The Morgan fingerprint density at radius 2 is 1.74 bits per heavy atom. The van der Waals surface area contributed by atoms with Crippen LogP contribution in [0.3, 0.4) is 0 Å². The van der Waals surface area contributed by atoms with Crippen LogP contribution >= 0.6 is 0 Å². The van der Waals surface area contributed by atoms with Crippen LogP contribution in [-0.4, -0.2) is 76.8 Å². The topological polar surface area (TPSA) is 39.9 Å². The maximum atomic E-state index is 4.58. The molecule has 2 aromatic rings. The van der Waals surface area contributed by atoms with Gasteiger partial charge in [0.1, 0.15) is 0 Å². The maximum absolute atomic E-state index is 4.58. The van der Waals surface area contributed by atoms with E-state index in [4.69, 9.17) is 0 Å². The Hall–Kier alpha value is -1.66. The standard InChI is InChI=1S/C17H26N6/c1-14-11-19-23-13-16(12-18-17(14)23)21-5-3-15(4-6-21)22-9-7-20(2)8-10-22/h11-13,15H,3-10H2,1-2H3. The molecule has 0 atom stereocenters. The maximum Gasteiger partial charge on any atom is 0.157 e. The number of fused-ring (bicyclic) bond motifs is 1. The van der Waals surface area contributed by atoms with Crippen molar-refractivity contribution in [3.05, 3.63) is 24.2 Å². The molecule has 0 unspecified atom stereocenters. The van der Waals surface area contributed by atoms with Crippen LogP contribution in [0.1, 0.15) is 18.4 Å². The highest BCUT2D eigenvalue weighted by atomic mass is 15.3. The number of aryl methyl sites for hydroxylation is 1. The Morgan fingerprint density at radius 1 is 1.00 bits per heavy atom. The number of piperidine rings is 1. The summed E-state index contributed by atoms with van der Waals surface area (Å²) in [4.78, 5) is 12.1. The third kappa shape index (κ3) is 2.93. The van der Waals surface area contributed by atoms with E-state index >= 15 is 0 Å². The highest BCUT2D eigenvalue weighted by molar-refractivity contribution is 5.51. The zero-order valence-electron chi connectivity index (χ0n) is 14.1. The van der Waals surface area contributed by atoms with Gasteiger partial charge in [-0.3, -0.25) is 4.90 Å². The van der Waals surface area contributed by atoms with Crippen LogP contribution in [0.5, 0.6) is 0 Å². The van der Waals surface area contributed by atoms with Gasteiger partial charge in [-0.2, -0.15) is 5.10 Å². The van der Waals surface area contributed by atoms with Gasteiger partial charge in [-0.05, 0) is 26.8 Å². The molecule has 4 rings (SSSR count). The van der Waals surface area contributed by atoms with E-state index in [0.717, 1.165) is 30.3 Å². The highest BCUT2D eigenvalue weighted by Crippen LogP contribution is 2.23. The second-order valence-corrected chi connectivity index (χ2v) is 6.97. The average Bonchev–Trinajstić information content (AvgIpc) is 2.96. The molecule has 0 bridgehead atoms. The van der Waals surface area contributed by atoms with Crippen molar-refractivity contribution in [1.82, 2.24) is 24.4 Å². The number of hydrogen-bond donors (Lipinski definition) is 0. The molecular weight excluding hydrogens is 288 g/mol. The predicted molar refractivity (Wildman–Crippen MR) is 92.0 cm³/mol. The summed E-state index contributed by atoms with van der Waals surface area (Å²) in [5.41, 5.74) is 3.28. The van der Waals surface area contributed by atoms with Crippen molar-refractivity contribution >= 4 is 11.3 Å². The largest absolute Gasteiger partial charge is 0.369 e. The molecule has 0 radical (unpaired) electrons. The Morgan fingerprint density at radius 3 is 2.48 bits per heavy atom.